The van der Waals surface area contributed by atoms with Crippen molar-refractivity contribution in [2.45, 2.75) is 44.7 Å². The van der Waals surface area contributed by atoms with E-state index in [4.69, 9.17) is 0 Å². The van der Waals surface area contributed by atoms with Crippen molar-refractivity contribution in [3.8, 4) is 0 Å². The van der Waals surface area contributed by atoms with Gasteiger partial charge in [0.1, 0.15) is 0 Å². The molecule has 1 aliphatic rings. The van der Waals surface area contributed by atoms with Gasteiger partial charge in [-0.3, -0.25) is 9.78 Å². The summed E-state index contributed by atoms with van der Waals surface area (Å²) in [5, 5.41) is 3.49. The summed E-state index contributed by atoms with van der Waals surface area (Å²) in [4.78, 5) is 18.2. The fourth-order valence-corrected chi connectivity index (χ4v) is 2.81. The van der Waals surface area contributed by atoms with E-state index in [1.54, 1.807) is 12.4 Å². The van der Waals surface area contributed by atoms with E-state index in [0.29, 0.717) is 17.6 Å². The lowest BCUT2D eigenvalue weighted by Crippen LogP contribution is -2.43. The molecule has 1 N–H and O–H groups in total. The Morgan fingerprint density at radius 3 is 2.74 bits per heavy atom. The Morgan fingerprint density at radius 2 is 2.16 bits per heavy atom. The van der Waals surface area contributed by atoms with Crippen molar-refractivity contribution in [3.05, 3.63) is 30.1 Å². The van der Waals surface area contributed by atoms with E-state index in [-0.39, 0.29) is 5.91 Å². The third-order valence-corrected chi connectivity index (χ3v) is 3.97. The lowest BCUT2D eigenvalue weighted by molar-refractivity contribution is 0.0684. The van der Waals surface area contributed by atoms with Gasteiger partial charge in [0.25, 0.3) is 5.91 Å². The SMILES string of the molecule is CCNC1CCC(N(C)C(=O)c2cccnc2)CC1. The topological polar surface area (TPSA) is 45.2 Å². The second-order valence-corrected chi connectivity index (χ2v) is 5.22. The average molecular weight is 261 g/mol. The van der Waals surface area contributed by atoms with Crippen LogP contribution < -0.4 is 5.32 Å². The number of amides is 1. The molecule has 0 atom stereocenters. The summed E-state index contributed by atoms with van der Waals surface area (Å²) in [5.41, 5.74) is 0.679. The van der Waals surface area contributed by atoms with Gasteiger partial charge in [0.2, 0.25) is 0 Å². The van der Waals surface area contributed by atoms with Gasteiger partial charge in [0, 0.05) is 31.5 Å². The molecule has 2 rings (SSSR count). The highest BCUT2D eigenvalue weighted by atomic mass is 16.2. The van der Waals surface area contributed by atoms with Crippen LogP contribution >= 0.6 is 0 Å². The van der Waals surface area contributed by atoms with Crippen molar-refractivity contribution in [3.63, 3.8) is 0 Å². The lowest BCUT2D eigenvalue weighted by atomic mass is 9.90. The van der Waals surface area contributed by atoms with Crippen molar-refractivity contribution >= 4 is 5.91 Å². The van der Waals surface area contributed by atoms with Gasteiger partial charge in [-0.15, -0.1) is 0 Å². The molecule has 0 unspecified atom stereocenters. The zero-order valence-corrected chi connectivity index (χ0v) is 11.8. The van der Waals surface area contributed by atoms with Crippen LogP contribution in [-0.4, -0.2) is 41.5 Å². The first-order valence-electron chi connectivity index (χ1n) is 7.13. The minimum absolute atomic E-state index is 0.0833. The summed E-state index contributed by atoms with van der Waals surface area (Å²) in [6.07, 6.45) is 7.81. The van der Waals surface area contributed by atoms with Gasteiger partial charge >= 0.3 is 0 Å². The maximum Gasteiger partial charge on any atom is 0.255 e. The average Bonchev–Trinajstić information content (AvgIpc) is 2.48. The zero-order chi connectivity index (χ0) is 13.7. The summed E-state index contributed by atoms with van der Waals surface area (Å²) in [5.74, 6) is 0.0833. The molecule has 1 aliphatic carbocycles. The number of pyridine rings is 1. The number of nitrogens with one attached hydrogen (secondary N) is 1. The van der Waals surface area contributed by atoms with Crippen molar-refractivity contribution < 1.29 is 4.79 Å². The fraction of sp³-hybridized carbons (Fsp3) is 0.600. The summed E-state index contributed by atoms with van der Waals surface area (Å²) in [6, 6.07) is 4.63. The minimum atomic E-state index is 0.0833. The van der Waals surface area contributed by atoms with Crippen LogP contribution in [0, 0.1) is 0 Å². The van der Waals surface area contributed by atoms with Crippen molar-refractivity contribution in [2.75, 3.05) is 13.6 Å². The first kappa shape index (κ1) is 14.0. The fourth-order valence-electron chi connectivity index (χ4n) is 2.81. The Morgan fingerprint density at radius 1 is 1.42 bits per heavy atom. The molecule has 0 saturated heterocycles. The van der Waals surface area contributed by atoms with E-state index in [0.717, 1.165) is 32.2 Å². The summed E-state index contributed by atoms with van der Waals surface area (Å²) < 4.78 is 0. The maximum absolute atomic E-state index is 12.3. The number of hydrogen-bond donors (Lipinski definition) is 1. The van der Waals surface area contributed by atoms with Crippen LogP contribution in [0.5, 0.6) is 0 Å². The molecule has 1 fully saturated rings. The van der Waals surface area contributed by atoms with E-state index in [9.17, 15) is 4.79 Å². The molecule has 19 heavy (non-hydrogen) atoms. The molecular formula is C15H23N3O. The Labute approximate surface area is 115 Å². The van der Waals surface area contributed by atoms with Crippen molar-refractivity contribution in [2.24, 2.45) is 0 Å². The van der Waals surface area contributed by atoms with Crippen molar-refractivity contribution in [1.29, 1.82) is 0 Å². The predicted molar refractivity (Wildman–Crippen MR) is 76.1 cm³/mol. The Balaban J connectivity index is 1.91. The highest BCUT2D eigenvalue weighted by Crippen LogP contribution is 2.23. The normalized spacial score (nSPS) is 23.1. The van der Waals surface area contributed by atoms with Gasteiger partial charge in [-0.05, 0) is 44.4 Å². The quantitative estimate of drug-likeness (QED) is 0.902. The molecule has 0 radical (unpaired) electrons. The molecule has 4 heteroatoms. The van der Waals surface area contributed by atoms with E-state index < -0.39 is 0 Å². The smallest absolute Gasteiger partial charge is 0.255 e. The van der Waals surface area contributed by atoms with E-state index >= 15 is 0 Å². The third-order valence-electron chi connectivity index (χ3n) is 3.97. The Hall–Kier alpha value is -1.42. The van der Waals surface area contributed by atoms with Gasteiger partial charge in [-0.25, -0.2) is 0 Å². The first-order valence-corrected chi connectivity index (χ1v) is 7.13. The first-order chi connectivity index (χ1) is 9.22. The van der Waals surface area contributed by atoms with Crippen LogP contribution in [0.4, 0.5) is 0 Å². The maximum atomic E-state index is 12.3. The molecule has 0 spiro atoms. The molecule has 1 saturated carbocycles. The molecule has 1 amide bonds. The van der Waals surface area contributed by atoms with E-state index in [1.807, 2.05) is 24.1 Å². The summed E-state index contributed by atoms with van der Waals surface area (Å²) in [6.45, 7) is 3.17. The lowest BCUT2D eigenvalue weighted by Gasteiger charge is -2.35. The molecule has 1 aromatic rings. The highest BCUT2D eigenvalue weighted by Gasteiger charge is 2.26. The number of rotatable bonds is 4. The standard InChI is InChI=1S/C15H23N3O/c1-3-17-13-6-8-14(9-7-13)18(2)15(19)12-5-4-10-16-11-12/h4-5,10-11,13-14,17H,3,6-9H2,1-2H3. The van der Waals surface area contributed by atoms with Crippen LogP contribution in [0.2, 0.25) is 0 Å². The molecule has 0 aliphatic heterocycles. The number of nitrogens with zero attached hydrogens (tertiary/aromatic N) is 2. The minimum Gasteiger partial charge on any atom is -0.339 e. The van der Waals surface area contributed by atoms with Gasteiger partial charge in [-0.2, -0.15) is 0 Å². The second-order valence-electron chi connectivity index (χ2n) is 5.22. The monoisotopic (exact) mass is 261 g/mol. The van der Waals surface area contributed by atoms with E-state index in [2.05, 4.69) is 17.2 Å². The van der Waals surface area contributed by atoms with Crippen LogP contribution in [0.1, 0.15) is 43.0 Å². The third kappa shape index (κ3) is 3.53. The molecule has 1 heterocycles. The van der Waals surface area contributed by atoms with Crippen LogP contribution in [0.25, 0.3) is 0 Å². The van der Waals surface area contributed by atoms with Crippen LogP contribution in [0.15, 0.2) is 24.5 Å². The van der Waals surface area contributed by atoms with Gasteiger partial charge in [-0.1, -0.05) is 6.92 Å². The van der Waals surface area contributed by atoms with Crippen LogP contribution in [0.3, 0.4) is 0 Å². The summed E-state index contributed by atoms with van der Waals surface area (Å²) >= 11 is 0. The number of carbonyl (C=O) groups is 1. The van der Waals surface area contributed by atoms with Crippen LogP contribution in [-0.2, 0) is 0 Å². The Kier molecular flexibility index (Phi) is 4.91. The molecule has 1 aromatic heterocycles. The van der Waals surface area contributed by atoms with E-state index in [1.165, 1.54) is 0 Å². The molecule has 0 bridgehead atoms. The molecule has 4 nitrogen and oxygen atoms in total. The molecule has 0 aromatic carbocycles. The second kappa shape index (κ2) is 6.66. The Bertz CT molecular complexity index is 399. The highest BCUT2D eigenvalue weighted by molar-refractivity contribution is 5.93. The number of hydrogen-bond acceptors (Lipinski definition) is 3. The van der Waals surface area contributed by atoms with Gasteiger partial charge < -0.3 is 10.2 Å². The zero-order valence-electron chi connectivity index (χ0n) is 11.8. The predicted octanol–water partition coefficient (Wildman–Crippen LogP) is 2.07. The van der Waals surface area contributed by atoms with Gasteiger partial charge in [0.15, 0.2) is 0 Å². The largest absolute Gasteiger partial charge is 0.339 e. The van der Waals surface area contributed by atoms with Gasteiger partial charge in [0.05, 0.1) is 5.56 Å². The number of aromatic nitrogens is 1. The molecular weight excluding hydrogens is 238 g/mol. The number of carbonyl (C=O) groups excluding carboxylic acids is 1. The summed E-state index contributed by atoms with van der Waals surface area (Å²) in [7, 11) is 1.91. The van der Waals surface area contributed by atoms with Crippen molar-refractivity contribution in [1.82, 2.24) is 15.2 Å². The molecule has 104 valence electrons.